The molecule has 0 saturated heterocycles. The van der Waals surface area contributed by atoms with Gasteiger partial charge >= 0.3 is 0 Å². The number of benzene rings is 2. The Morgan fingerprint density at radius 2 is 1.67 bits per heavy atom. The van der Waals surface area contributed by atoms with Crippen molar-refractivity contribution in [2.75, 3.05) is 17.4 Å². The topological polar surface area (TPSA) is 66.5 Å². The van der Waals surface area contributed by atoms with Crippen LogP contribution in [0.15, 0.2) is 59.5 Å². The normalized spacial score (nSPS) is 15.6. The highest BCUT2D eigenvalue weighted by Crippen LogP contribution is 2.42. The number of carbonyl (C=O) groups is 1. The maximum atomic E-state index is 13.4. The second kappa shape index (κ2) is 7.56. The number of hydrogen-bond donors (Lipinski definition) is 1. The van der Waals surface area contributed by atoms with Crippen LogP contribution in [0.3, 0.4) is 0 Å². The number of rotatable bonds is 5. The van der Waals surface area contributed by atoms with Gasteiger partial charge in [-0.3, -0.25) is 9.10 Å². The summed E-state index contributed by atoms with van der Waals surface area (Å²) in [6.07, 6.45) is 0. The minimum atomic E-state index is -3.97. The number of anilines is 1. The lowest BCUT2D eigenvalue weighted by molar-refractivity contribution is -0.116. The number of para-hydroxylation sites is 1. The van der Waals surface area contributed by atoms with Gasteiger partial charge in [-0.15, -0.1) is 0 Å². The Hall–Kier alpha value is -2.60. The first-order valence-corrected chi connectivity index (χ1v) is 10.5. The van der Waals surface area contributed by atoms with Crippen molar-refractivity contribution < 1.29 is 13.2 Å². The average Bonchev–Trinajstić information content (AvgIpc) is 2.65. The smallest absolute Gasteiger partial charge is 0.270 e. The molecule has 0 saturated carbocycles. The molecule has 6 heteroatoms. The second-order valence-corrected chi connectivity index (χ2v) is 8.66. The summed E-state index contributed by atoms with van der Waals surface area (Å²) in [5.74, 6) is -0.342. The zero-order valence-electron chi connectivity index (χ0n) is 15.8. The van der Waals surface area contributed by atoms with Crippen LogP contribution in [0.25, 0.3) is 5.57 Å². The molecule has 0 spiro atoms. The second-order valence-electron chi connectivity index (χ2n) is 6.86. The fraction of sp³-hybridized carbons (Fsp3) is 0.286. The molecule has 1 N–H and O–H groups in total. The Kier molecular flexibility index (Phi) is 5.37. The van der Waals surface area contributed by atoms with E-state index in [9.17, 15) is 13.2 Å². The maximum absolute atomic E-state index is 13.4. The molecule has 0 fully saturated rings. The first kappa shape index (κ1) is 19.2. The van der Waals surface area contributed by atoms with Gasteiger partial charge < -0.3 is 5.32 Å². The van der Waals surface area contributed by atoms with Crippen LogP contribution in [0.5, 0.6) is 0 Å². The Labute approximate surface area is 160 Å². The minimum absolute atomic E-state index is 0.185. The van der Waals surface area contributed by atoms with Crippen LogP contribution >= 0.6 is 0 Å². The molecule has 0 aliphatic carbocycles. The van der Waals surface area contributed by atoms with Crippen molar-refractivity contribution in [3.05, 3.63) is 70.6 Å². The van der Waals surface area contributed by atoms with Crippen molar-refractivity contribution in [1.29, 1.82) is 0 Å². The fourth-order valence-corrected chi connectivity index (χ4v) is 5.00. The van der Waals surface area contributed by atoms with Crippen LogP contribution < -0.4 is 9.62 Å². The maximum Gasteiger partial charge on any atom is 0.270 e. The molecule has 1 heterocycles. The monoisotopic (exact) mass is 384 g/mol. The standard InChI is InChI=1S/C21H24N2O3S/c1-4-23-18-13-9-8-12-17(18)19(16-10-6-5-7-11-16)20(27(23,25)26)21(24)22-14-15(2)3/h5-13,15H,4,14H2,1-3H3,(H,22,24). The van der Waals surface area contributed by atoms with Crippen LogP contribution in [0.1, 0.15) is 31.9 Å². The van der Waals surface area contributed by atoms with E-state index in [1.807, 2.05) is 62.4 Å². The van der Waals surface area contributed by atoms with Crippen molar-refractivity contribution in [3.63, 3.8) is 0 Å². The van der Waals surface area contributed by atoms with Gasteiger partial charge in [-0.25, -0.2) is 8.42 Å². The van der Waals surface area contributed by atoms with Gasteiger partial charge in [0.2, 0.25) is 0 Å². The van der Waals surface area contributed by atoms with E-state index in [1.165, 1.54) is 4.31 Å². The quantitative estimate of drug-likeness (QED) is 0.859. The van der Waals surface area contributed by atoms with E-state index in [2.05, 4.69) is 5.32 Å². The minimum Gasteiger partial charge on any atom is -0.351 e. The van der Waals surface area contributed by atoms with Gasteiger partial charge in [0.05, 0.1) is 5.69 Å². The predicted molar refractivity (Wildman–Crippen MR) is 109 cm³/mol. The Balaban J connectivity index is 2.32. The van der Waals surface area contributed by atoms with Gasteiger partial charge in [-0.1, -0.05) is 62.4 Å². The summed E-state index contributed by atoms with van der Waals surface area (Å²) in [4.78, 5) is 12.8. The zero-order valence-corrected chi connectivity index (χ0v) is 16.6. The number of carbonyl (C=O) groups excluding carboxylic acids is 1. The molecule has 0 unspecified atom stereocenters. The molecule has 1 amide bonds. The van der Waals surface area contributed by atoms with E-state index in [1.54, 1.807) is 13.0 Å². The van der Waals surface area contributed by atoms with Crippen LogP contribution in [-0.4, -0.2) is 27.4 Å². The van der Waals surface area contributed by atoms with Crippen LogP contribution in [-0.2, 0) is 14.8 Å². The summed E-state index contributed by atoms with van der Waals surface area (Å²) in [5, 5.41) is 2.78. The summed E-state index contributed by atoms with van der Waals surface area (Å²) in [6, 6.07) is 16.5. The number of amides is 1. The largest absolute Gasteiger partial charge is 0.351 e. The van der Waals surface area contributed by atoms with Gasteiger partial charge in [0.25, 0.3) is 15.9 Å². The van der Waals surface area contributed by atoms with Crippen molar-refractivity contribution in [2.45, 2.75) is 20.8 Å². The lowest BCUT2D eigenvalue weighted by Gasteiger charge is -2.32. The number of fused-ring (bicyclic) bond motifs is 1. The van der Waals surface area contributed by atoms with E-state index in [-0.39, 0.29) is 17.4 Å². The van der Waals surface area contributed by atoms with Crippen LogP contribution in [0.4, 0.5) is 5.69 Å². The third-order valence-corrected chi connectivity index (χ3v) is 6.38. The number of sulfonamides is 1. The Bertz CT molecular complexity index is 979. The molecule has 2 aromatic carbocycles. The molecule has 0 radical (unpaired) electrons. The SMILES string of the molecule is CCN1c2ccccc2C(c2ccccc2)=C(C(=O)NCC(C)C)S1(=O)=O. The highest BCUT2D eigenvalue weighted by Gasteiger charge is 2.40. The molecule has 0 bridgehead atoms. The molecule has 1 aliphatic heterocycles. The third kappa shape index (κ3) is 3.49. The van der Waals surface area contributed by atoms with Gasteiger partial charge in [-0.2, -0.15) is 0 Å². The van der Waals surface area contributed by atoms with Gasteiger partial charge in [-0.05, 0) is 24.5 Å². The summed E-state index contributed by atoms with van der Waals surface area (Å²) in [7, 11) is -3.97. The molecule has 142 valence electrons. The van der Waals surface area contributed by atoms with E-state index in [0.29, 0.717) is 23.4 Å². The summed E-state index contributed by atoms with van der Waals surface area (Å²) >= 11 is 0. The first-order chi connectivity index (χ1) is 12.9. The molecule has 27 heavy (non-hydrogen) atoms. The molecule has 0 aromatic heterocycles. The highest BCUT2D eigenvalue weighted by molar-refractivity contribution is 7.97. The van der Waals surface area contributed by atoms with Gasteiger partial charge in [0, 0.05) is 24.2 Å². The van der Waals surface area contributed by atoms with Gasteiger partial charge in [0.15, 0.2) is 4.91 Å². The molecule has 0 atom stereocenters. The number of nitrogens with one attached hydrogen (secondary N) is 1. The van der Waals surface area contributed by atoms with E-state index in [0.717, 1.165) is 5.56 Å². The van der Waals surface area contributed by atoms with E-state index < -0.39 is 15.9 Å². The van der Waals surface area contributed by atoms with Crippen molar-refractivity contribution in [1.82, 2.24) is 5.32 Å². The van der Waals surface area contributed by atoms with Crippen molar-refractivity contribution in [2.24, 2.45) is 5.92 Å². The molecule has 2 aromatic rings. The molecular formula is C21H24N2O3S. The summed E-state index contributed by atoms with van der Waals surface area (Å²) < 4.78 is 28.1. The Morgan fingerprint density at radius 3 is 2.30 bits per heavy atom. The van der Waals surface area contributed by atoms with E-state index in [4.69, 9.17) is 0 Å². The third-order valence-electron chi connectivity index (χ3n) is 4.44. The first-order valence-electron chi connectivity index (χ1n) is 9.08. The highest BCUT2D eigenvalue weighted by atomic mass is 32.2. The van der Waals surface area contributed by atoms with Crippen LogP contribution in [0, 0.1) is 5.92 Å². The molecular weight excluding hydrogens is 360 g/mol. The number of nitrogens with zero attached hydrogens (tertiary/aromatic N) is 1. The number of hydrogen-bond acceptors (Lipinski definition) is 3. The van der Waals surface area contributed by atoms with E-state index >= 15 is 0 Å². The average molecular weight is 385 g/mol. The lowest BCUT2D eigenvalue weighted by Crippen LogP contribution is -2.42. The van der Waals surface area contributed by atoms with Crippen molar-refractivity contribution >= 4 is 27.2 Å². The van der Waals surface area contributed by atoms with Crippen molar-refractivity contribution in [3.8, 4) is 0 Å². The Morgan fingerprint density at radius 1 is 1.04 bits per heavy atom. The fourth-order valence-electron chi connectivity index (χ4n) is 3.23. The molecule has 5 nitrogen and oxygen atoms in total. The van der Waals surface area contributed by atoms with Gasteiger partial charge in [0.1, 0.15) is 0 Å². The summed E-state index contributed by atoms with van der Waals surface area (Å²) in [5.41, 5.74) is 2.51. The predicted octanol–water partition coefficient (Wildman–Crippen LogP) is 3.39. The lowest BCUT2D eigenvalue weighted by atomic mass is 9.95. The molecule has 1 aliphatic rings. The zero-order chi connectivity index (χ0) is 19.6. The van der Waals surface area contributed by atoms with Crippen LogP contribution in [0.2, 0.25) is 0 Å². The molecule has 3 rings (SSSR count). The summed E-state index contributed by atoms with van der Waals surface area (Å²) in [6.45, 7) is 6.37.